The Hall–Kier alpha value is -2.24. The summed E-state index contributed by atoms with van der Waals surface area (Å²) in [6.45, 7) is 2.73. The first kappa shape index (κ1) is 15.2. The molecule has 1 aromatic heterocycles. The molecule has 2 aromatic rings. The van der Waals surface area contributed by atoms with Gasteiger partial charge in [0.05, 0.1) is 12.0 Å². The van der Waals surface area contributed by atoms with Gasteiger partial charge in [0.2, 0.25) is 0 Å². The van der Waals surface area contributed by atoms with Crippen molar-refractivity contribution in [1.82, 2.24) is 15.0 Å². The third kappa shape index (κ3) is 4.11. The number of benzene rings is 1. The summed E-state index contributed by atoms with van der Waals surface area (Å²) >= 11 is 0. The van der Waals surface area contributed by atoms with Crippen molar-refractivity contribution in [3.63, 3.8) is 0 Å². The molecule has 6 heteroatoms. The van der Waals surface area contributed by atoms with Crippen LogP contribution in [-0.2, 0) is 16.1 Å². The van der Waals surface area contributed by atoms with E-state index < -0.39 is 0 Å². The van der Waals surface area contributed by atoms with Crippen molar-refractivity contribution in [2.75, 3.05) is 6.61 Å². The number of rotatable bonds is 7. The molecule has 6 nitrogen and oxygen atoms in total. The van der Waals surface area contributed by atoms with E-state index in [1.54, 1.807) is 19.1 Å². The maximum atomic E-state index is 12.2. The van der Waals surface area contributed by atoms with Gasteiger partial charge >= 0.3 is 5.97 Å². The van der Waals surface area contributed by atoms with Gasteiger partial charge in [-0.25, -0.2) is 4.68 Å². The molecule has 0 saturated heterocycles. The van der Waals surface area contributed by atoms with Gasteiger partial charge in [-0.2, -0.15) is 0 Å². The summed E-state index contributed by atoms with van der Waals surface area (Å²) in [5.41, 5.74) is 0.493. The predicted octanol–water partition coefficient (Wildman–Crippen LogP) is 1.91. The molecule has 0 saturated carbocycles. The first-order chi connectivity index (χ1) is 10.2. The van der Waals surface area contributed by atoms with Crippen LogP contribution in [-0.4, -0.2) is 27.6 Å². The fourth-order valence-electron chi connectivity index (χ4n) is 2.11. The summed E-state index contributed by atoms with van der Waals surface area (Å²) in [6.07, 6.45) is 2.81. The molecule has 0 amide bonds. The molecule has 2 rings (SSSR count). The molecule has 0 bridgehead atoms. The Labute approximate surface area is 122 Å². The van der Waals surface area contributed by atoms with Gasteiger partial charge in [0, 0.05) is 13.0 Å². The van der Waals surface area contributed by atoms with Crippen molar-refractivity contribution in [2.45, 2.75) is 39.2 Å². The first-order valence-electron chi connectivity index (χ1n) is 7.20. The quantitative estimate of drug-likeness (QED) is 0.575. The number of hydrogen-bond acceptors (Lipinski definition) is 5. The van der Waals surface area contributed by atoms with E-state index in [9.17, 15) is 9.59 Å². The van der Waals surface area contributed by atoms with Crippen molar-refractivity contribution in [3.05, 3.63) is 34.6 Å². The molecule has 0 aliphatic rings. The molecule has 21 heavy (non-hydrogen) atoms. The van der Waals surface area contributed by atoms with E-state index in [1.807, 2.05) is 12.1 Å². The minimum Gasteiger partial charge on any atom is -0.466 e. The smallest absolute Gasteiger partial charge is 0.305 e. The van der Waals surface area contributed by atoms with E-state index in [1.165, 1.54) is 4.68 Å². The van der Waals surface area contributed by atoms with Gasteiger partial charge in [0.1, 0.15) is 5.52 Å². The number of esters is 1. The highest BCUT2D eigenvalue weighted by Gasteiger charge is 2.05. The molecule has 0 unspecified atom stereocenters. The van der Waals surface area contributed by atoms with Crippen LogP contribution < -0.4 is 5.56 Å². The lowest BCUT2D eigenvalue weighted by molar-refractivity contribution is -0.143. The van der Waals surface area contributed by atoms with Crippen LogP contribution >= 0.6 is 0 Å². The molecule has 1 aromatic carbocycles. The Morgan fingerprint density at radius 1 is 1.24 bits per heavy atom. The summed E-state index contributed by atoms with van der Waals surface area (Å²) in [7, 11) is 0. The molecule has 0 radical (unpaired) electrons. The van der Waals surface area contributed by atoms with Gasteiger partial charge in [0.15, 0.2) is 0 Å². The van der Waals surface area contributed by atoms with Crippen LogP contribution in [0.3, 0.4) is 0 Å². The molecule has 112 valence electrons. The lowest BCUT2D eigenvalue weighted by Gasteiger charge is -2.05. The summed E-state index contributed by atoms with van der Waals surface area (Å²) in [5.74, 6) is -0.167. The summed E-state index contributed by atoms with van der Waals surface area (Å²) in [5, 5.41) is 8.55. The van der Waals surface area contributed by atoms with E-state index >= 15 is 0 Å². The second-order valence-corrected chi connectivity index (χ2v) is 4.75. The molecule has 0 aliphatic carbocycles. The number of carbonyl (C=O) groups excluding carboxylic acids is 1. The van der Waals surface area contributed by atoms with Crippen LogP contribution in [0.5, 0.6) is 0 Å². The van der Waals surface area contributed by atoms with E-state index in [2.05, 4.69) is 10.3 Å². The van der Waals surface area contributed by atoms with Crippen LogP contribution in [0.15, 0.2) is 29.1 Å². The van der Waals surface area contributed by atoms with E-state index in [-0.39, 0.29) is 11.5 Å². The van der Waals surface area contributed by atoms with Crippen molar-refractivity contribution in [1.29, 1.82) is 0 Å². The van der Waals surface area contributed by atoms with Gasteiger partial charge in [-0.1, -0.05) is 23.8 Å². The highest BCUT2D eigenvalue weighted by molar-refractivity contribution is 5.76. The van der Waals surface area contributed by atoms with Gasteiger partial charge in [-0.3, -0.25) is 9.59 Å². The highest BCUT2D eigenvalue weighted by atomic mass is 16.5. The number of ether oxygens (including phenoxy) is 1. The number of fused-ring (bicyclic) bond motifs is 1. The first-order valence-corrected chi connectivity index (χ1v) is 7.20. The minimum atomic E-state index is -0.167. The number of nitrogens with zero attached hydrogens (tertiary/aromatic N) is 3. The fourth-order valence-corrected chi connectivity index (χ4v) is 2.11. The van der Waals surface area contributed by atoms with Crippen molar-refractivity contribution in [2.24, 2.45) is 0 Å². The van der Waals surface area contributed by atoms with Crippen LogP contribution in [0.1, 0.15) is 32.6 Å². The Bertz CT molecular complexity index is 667. The fraction of sp³-hybridized carbons (Fsp3) is 0.467. The topological polar surface area (TPSA) is 74.1 Å². The van der Waals surface area contributed by atoms with E-state index in [0.717, 1.165) is 19.3 Å². The maximum absolute atomic E-state index is 12.2. The third-order valence-corrected chi connectivity index (χ3v) is 3.19. The van der Waals surface area contributed by atoms with E-state index in [0.29, 0.717) is 30.5 Å². The lowest BCUT2D eigenvalue weighted by atomic mass is 10.2. The van der Waals surface area contributed by atoms with Gasteiger partial charge in [-0.15, -0.1) is 5.10 Å². The molecular formula is C15H19N3O3. The Morgan fingerprint density at radius 3 is 2.86 bits per heavy atom. The SMILES string of the molecule is CCOC(=O)CCCCCn1nnc2ccccc2c1=O. The van der Waals surface area contributed by atoms with Crippen LogP contribution in [0.4, 0.5) is 0 Å². The second kappa shape index (κ2) is 7.52. The Morgan fingerprint density at radius 2 is 2.05 bits per heavy atom. The van der Waals surface area contributed by atoms with Gasteiger partial charge in [0.25, 0.3) is 5.56 Å². The molecule has 0 fully saturated rings. The zero-order valence-corrected chi connectivity index (χ0v) is 12.1. The number of hydrogen-bond donors (Lipinski definition) is 0. The lowest BCUT2D eigenvalue weighted by Crippen LogP contribution is -2.24. The number of carbonyl (C=O) groups is 1. The van der Waals surface area contributed by atoms with Crippen LogP contribution in [0.25, 0.3) is 10.9 Å². The number of aryl methyl sites for hydroxylation is 1. The predicted molar refractivity (Wildman–Crippen MR) is 78.9 cm³/mol. The van der Waals surface area contributed by atoms with E-state index in [4.69, 9.17) is 4.74 Å². The zero-order valence-electron chi connectivity index (χ0n) is 12.1. The molecule has 0 aliphatic heterocycles. The Kier molecular flexibility index (Phi) is 5.43. The van der Waals surface area contributed by atoms with Crippen LogP contribution in [0.2, 0.25) is 0 Å². The average molecular weight is 289 g/mol. The molecule has 0 N–H and O–H groups in total. The number of aromatic nitrogens is 3. The summed E-state index contributed by atoms with van der Waals surface area (Å²) < 4.78 is 6.24. The number of unbranched alkanes of at least 4 members (excludes halogenated alkanes) is 2. The normalized spacial score (nSPS) is 10.7. The second-order valence-electron chi connectivity index (χ2n) is 4.75. The summed E-state index contributed by atoms with van der Waals surface area (Å²) in [6, 6.07) is 7.17. The largest absolute Gasteiger partial charge is 0.466 e. The zero-order chi connectivity index (χ0) is 15.1. The third-order valence-electron chi connectivity index (χ3n) is 3.19. The molecule has 1 heterocycles. The maximum Gasteiger partial charge on any atom is 0.305 e. The van der Waals surface area contributed by atoms with Gasteiger partial charge in [-0.05, 0) is 31.9 Å². The van der Waals surface area contributed by atoms with Crippen LogP contribution in [0, 0.1) is 0 Å². The average Bonchev–Trinajstić information content (AvgIpc) is 2.49. The van der Waals surface area contributed by atoms with Crippen molar-refractivity contribution in [3.8, 4) is 0 Å². The molecular weight excluding hydrogens is 270 g/mol. The standard InChI is InChI=1S/C15H19N3O3/c1-2-21-14(19)10-4-3-7-11-18-15(20)12-8-5-6-9-13(12)16-17-18/h5-6,8-9H,2-4,7,10-11H2,1H3. The molecule has 0 atom stereocenters. The van der Waals surface area contributed by atoms with Gasteiger partial charge < -0.3 is 4.74 Å². The monoisotopic (exact) mass is 289 g/mol. The molecule has 0 spiro atoms. The van der Waals surface area contributed by atoms with Crippen molar-refractivity contribution < 1.29 is 9.53 Å². The minimum absolute atomic E-state index is 0.119. The highest BCUT2D eigenvalue weighted by Crippen LogP contribution is 2.05. The van der Waals surface area contributed by atoms with Crippen molar-refractivity contribution >= 4 is 16.9 Å². The Balaban J connectivity index is 1.85. The summed E-state index contributed by atoms with van der Waals surface area (Å²) in [4.78, 5) is 23.3.